The van der Waals surface area contributed by atoms with Crippen LogP contribution in [0.4, 0.5) is 16.4 Å². The monoisotopic (exact) mass is 579 g/mol. The van der Waals surface area contributed by atoms with Crippen LogP contribution in [0.15, 0.2) is 34.5 Å². The number of morpholine rings is 1. The van der Waals surface area contributed by atoms with E-state index in [0.717, 1.165) is 71.0 Å². The zero-order chi connectivity index (χ0) is 28.9. The Bertz CT molecular complexity index is 1320. The smallest absolute Gasteiger partial charge is 0.419 e. The van der Waals surface area contributed by atoms with Gasteiger partial charge in [0.15, 0.2) is 17.2 Å². The number of carbonyl (C=O) groups is 1. The fraction of sp³-hybridized carbons (Fsp3) is 0.536. The van der Waals surface area contributed by atoms with Crippen molar-refractivity contribution in [2.75, 3.05) is 97.8 Å². The predicted octanol–water partition coefficient (Wildman–Crippen LogP) is 1.19. The minimum atomic E-state index is -0.700. The molecule has 1 amide bonds. The molecule has 1 N–H and O–H groups in total. The van der Waals surface area contributed by atoms with Crippen molar-refractivity contribution in [1.82, 2.24) is 30.0 Å². The van der Waals surface area contributed by atoms with E-state index in [2.05, 4.69) is 42.0 Å². The molecule has 2 saturated heterocycles. The Morgan fingerprint density at radius 3 is 2.60 bits per heavy atom. The summed E-state index contributed by atoms with van der Waals surface area (Å²) in [5.74, 6) is 2.96. The second-order valence-electron chi connectivity index (χ2n) is 10.5. The van der Waals surface area contributed by atoms with E-state index in [0.29, 0.717) is 54.6 Å². The number of methoxy groups -OCH3 is 1. The molecular formula is C28H37N9O5. The van der Waals surface area contributed by atoms with Crippen LogP contribution in [0.25, 0.3) is 0 Å². The number of benzene rings is 1. The molecule has 0 saturated carbocycles. The summed E-state index contributed by atoms with van der Waals surface area (Å²) in [5, 5.41) is 2.77. The first-order chi connectivity index (χ1) is 20.6. The minimum Gasteiger partial charge on any atom is -0.491 e. The van der Waals surface area contributed by atoms with Gasteiger partial charge in [0.2, 0.25) is 11.9 Å². The van der Waals surface area contributed by atoms with Gasteiger partial charge in [-0.15, -0.1) is 0 Å². The number of amides is 1. The number of hydrogen-bond acceptors (Lipinski definition) is 13. The van der Waals surface area contributed by atoms with E-state index in [1.807, 2.05) is 17.0 Å². The number of fused-ring (bicyclic) bond motifs is 3. The Balaban J connectivity index is 1.12. The highest BCUT2D eigenvalue weighted by molar-refractivity contribution is 6.18. The number of rotatable bonds is 8. The minimum absolute atomic E-state index is 0.239. The molecule has 2 aromatic rings. The van der Waals surface area contributed by atoms with Crippen LogP contribution in [0.1, 0.15) is 12.0 Å². The molecule has 14 heteroatoms. The van der Waals surface area contributed by atoms with Crippen molar-refractivity contribution in [2.24, 2.45) is 9.98 Å². The summed E-state index contributed by atoms with van der Waals surface area (Å²) in [6.07, 6.45) is 3.19. The van der Waals surface area contributed by atoms with Crippen molar-refractivity contribution in [1.29, 1.82) is 0 Å². The van der Waals surface area contributed by atoms with Crippen LogP contribution >= 0.6 is 0 Å². The fourth-order valence-electron chi connectivity index (χ4n) is 5.35. The van der Waals surface area contributed by atoms with Gasteiger partial charge in [0.1, 0.15) is 11.5 Å². The summed E-state index contributed by atoms with van der Waals surface area (Å²) >= 11 is 0. The molecule has 6 rings (SSSR count). The number of hydrogen-bond donors (Lipinski definition) is 1. The van der Waals surface area contributed by atoms with Crippen LogP contribution in [0.5, 0.6) is 17.2 Å². The zero-order valence-corrected chi connectivity index (χ0v) is 24.1. The van der Waals surface area contributed by atoms with Crippen LogP contribution in [0, 0.1) is 0 Å². The quantitative estimate of drug-likeness (QED) is 0.453. The Kier molecular flexibility index (Phi) is 8.63. The number of likely N-dealkylation sites (N-methyl/N-ethyl adjacent to an activating group) is 1. The van der Waals surface area contributed by atoms with Crippen LogP contribution in [-0.2, 0) is 4.74 Å². The second-order valence-corrected chi connectivity index (χ2v) is 10.5. The molecule has 4 aliphatic heterocycles. The van der Waals surface area contributed by atoms with Gasteiger partial charge in [-0.05, 0) is 25.6 Å². The van der Waals surface area contributed by atoms with Crippen LogP contribution < -0.4 is 24.4 Å². The first kappa shape index (κ1) is 28.1. The van der Waals surface area contributed by atoms with Gasteiger partial charge < -0.3 is 28.7 Å². The maximum Gasteiger partial charge on any atom is 0.419 e. The fourth-order valence-corrected chi connectivity index (χ4v) is 5.35. The molecule has 0 bridgehead atoms. The van der Waals surface area contributed by atoms with E-state index in [9.17, 15) is 4.79 Å². The van der Waals surface area contributed by atoms with E-state index in [1.165, 1.54) is 12.4 Å². The maximum absolute atomic E-state index is 12.9. The van der Waals surface area contributed by atoms with Gasteiger partial charge in [-0.25, -0.2) is 19.8 Å². The van der Waals surface area contributed by atoms with Gasteiger partial charge >= 0.3 is 6.09 Å². The van der Waals surface area contributed by atoms with Gasteiger partial charge in [0.05, 0.1) is 45.9 Å². The Labute approximate surface area is 244 Å². The summed E-state index contributed by atoms with van der Waals surface area (Å²) in [6.45, 7) is 9.69. The van der Waals surface area contributed by atoms with E-state index in [4.69, 9.17) is 23.9 Å². The van der Waals surface area contributed by atoms with Crippen LogP contribution in [-0.4, -0.2) is 135 Å². The summed E-state index contributed by atoms with van der Waals surface area (Å²) in [7, 11) is 3.68. The predicted molar refractivity (Wildman–Crippen MR) is 156 cm³/mol. The summed E-state index contributed by atoms with van der Waals surface area (Å²) < 4.78 is 22.8. The van der Waals surface area contributed by atoms with Crippen molar-refractivity contribution in [3.63, 3.8) is 0 Å². The van der Waals surface area contributed by atoms with Crippen molar-refractivity contribution in [2.45, 2.75) is 6.42 Å². The highest BCUT2D eigenvalue weighted by Gasteiger charge is 2.33. The number of guanidine groups is 1. The zero-order valence-electron chi connectivity index (χ0n) is 24.1. The lowest BCUT2D eigenvalue weighted by atomic mass is 10.1. The molecule has 0 aliphatic carbocycles. The third-order valence-electron chi connectivity index (χ3n) is 7.66. The van der Waals surface area contributed by atoms with Gasteiger partial charge in [-0.3, -0.25) is 20.1 Å². The number of aliphatic imine (C=N–C) groups is 2. The highest BCUT2D eigenvalue weighted by Crippen LogP contribution is 2.43. The number of piperazine rings is 1. The summed E-state index contributed by atoms with van der Waals surface area (Å²) in [6, 6.07) is 3.82. The number of anilines is 1. The molecule has 1 aromatic heterocycles. The Hall–Kier alpha value is -4.01. The van der Waals surface area contributed by atoms with E-state index in [-0.39, 0.29) is 5.75 Å². The molecular weight excluding hydrogens is 542 g/mol. The van der Waals surface area contributed by atoms with Crippen molar-refractivity contribution < 1.29 is 23.7 Å². The molecule has 0 unspecified atom stereocenters. The van der Waals surface area contributed by atoms with Gasteiger partial charge in [0, 0.05) is 57.9 Å². The third-order valence-corrected chi connectivity index (χ3v) is 7.66. The van der Waals surface area contributed by atoms with Crippen molar-refractivity contribution in [3.8, 4) is 17.2 Å². The number of nitrogens with zero attached hydrogens (tertiary/aromatic N) is 8. The number of carbonyl (C=O) groups excluding carboxylic acids is 1. The molecule has 0 spiro atoms. The first-order valence-electron chi connectivity index (χ1n) is 14.4. The molecule has 0 atom stereocenters. The Morgan fingerprint density at radius 1 is 1.05 bits per heavy atom. The largest absolute Gasteiger partial charge is 0.491 e. The summed E-state index contributed by atoms with van der Waals surface area (Å²) in [4.78, 5) is 39.7. The van der Waals surface area contributed by atoms with E-state index < -0.39 is 6.09 Å². The number of amidine groups is 1. The SMILES string of the molecule is COc1c(OCCCN2CCOCC2)ccc2c1N=C(NC(=O)Oc1cnc(N3CCN(C)CC3)nc1)N1CCN=C21. The number of nitrogens with one attached hydrogen (secondary N) is 1. The molecule has 4 aliphatic rings. The molecule has 42 heavy (non-hydrogen) atoms. The second kappa shape index (κ2) is 12.9. The van der Waals surface area contributed by atoms with E-state index >= 15 is 0 Å². The van der Waals surface area contributed by atoms with Crippen LogP contribution in [0.2, 0.25) is 0 Å². The molecule has 14 nitrogen and oxygen atoms in total. The maximum atomic E-state index is 12.9. The van der Waals surface area contributed by atoms with Crippen LogP contribution in [0.3, 0.4) is 0 Å². The highest BCUT2D eigenvalue weighted by atomic mass is 16.6. The van der Waals surface area contributed by atoms with Crippen molar-refractivity contribution >= 4 is 29.5 Å². The standard InChI is InChI=1S/C28H37N9O5/c1-34-9-11-36(12-10-34)26-30-18-20(19-31-26)42-28(38)33-27-32-23-21(25-29-6-8-37(25)27)4-5-22(24(23)39-2)41-15-3-7-35-13-16-40-17-14-35/h4-5,18-19H,3,6-17H2,1-2H3,(H,32,33,38). The van der Waals surface area contributed by atoms with Gasteiger partial charge in [-0.2, -0.15) is 0 Å². The first-order valence-corrected chi connectivity index (χ1v) is 14.4. The van der Waals surface area contributed by atoms with Gasteiger partial charge in [0.25, 0.3) is 0 Å². The number of aromatic nitrogens is 2. The lowest BCUT2D eigenvalue weighted by Gasteiger charge is -2.32. The van der Waals surface area contributed by atoms with Gasteiger partial charge in [-0.1, -0.05) is 0 Å². The molecule has 2 fully saturated rings. The Morgan fingerprint density at radius 2 is 1.83 bits per heavy atom. The van der Waals surface area contributed by atoms with Crippen molar-refractivity contribution in [3.05, 3.63) is 30.1 Å². The number of ether oxygens (including phenoxy) is 4. The molecule has 0 radical (unpaired) electrons. The normalized spacial score (nSPS) is 19.0. The molecule has 224 valence electrons. The molecule has 5 heterocycles. The average Bonchev–Trinajstić information content (AvgIpc) is 3.51. The topological polar surface area (TPSA) is 129 Å². The average molecular weight is 580 g/mol. The lowest BCUT2D eigenvalue weighted by Crippen LogP contribution is -2.48. The summed E-state index contributed by atoms with van der Waals surface area (Å²) in [5.41, 5.74) is 1.37. The van der Waals surface area contributed by atoms with E-state index in [1.54, 1.807) is 7.11 Å². The lowest BCUT2D eigenvalue weighted by molar-refractivity contribution is 0.0357. The third kappa shape index (κ3) is 6.25. The molecule has 1 aromatic carbocycles.